The van der Waals surface area contributed by atoms with Crippen molar-refractivity contribution in [1.82, 2.24) is 0 Å². The van der Waals surface area contributed by atoms with Crippen molar-refractivity contribution in [2.24, 2.45) is 0 Å². The number of phenolic OH excluding ortho intramolecular Hbond substituents is 1. The van der Waals surface area contributed by atoms with Crippen LogP contribution < -0.4 is 5.32 Å². The number of nitrogens with one attached hydrogen (secondary N) is 1. The number of fused-ring (bicyclic) bond motifs is 1. The summed E-state index contributed by atoms with van der Waals surface area (Å²) in [4.78, 5) is 11.3. The van der Waals surface area contributed by atoms with Crippen LogP contribution in [0.3, 0.4) is 0 Å². The molecule has 0 aromatic heterocycles. The van der Waals surface area contributed by atoms with Crippen LogP contribution in [0, 0.1) is 0 Å². The van der Waals surface area contributed by atoms with E-state index in [1.807, 2.05) is 12.1 Å². The van der Waals surface area contributed by atoms with E-state index in [4.69, 9.17) is 4.74 Å². The van der Waals surface area contributed by atoms with Crippen LogP contribution in [0.25, 0.3) is 10.8 Å². The molecule has 4 heteroatoms. The van der Waals surface area contributed by atoms with E-state index in [1.165, 1.54) is 0 Å². The van der Waals surface area contributed by atoms with Gasteiger partial charge >= 0.3 is 6.09 Å². The molecule has 0 aliphatic heterocycles. The Hall–Kier alpha value is -2.23. The molecule has 4 nitrogen and oxygen atoms in total. The maximum atomic E-state index is 11.3. The van der Waals surface area contributed by atoms with Crippen molar-refractivity contribution in [3.63, 3.8) is 0 Å². The molecule has 0 bridgehead atoms. The minimum atomic E-state index is -0.497. The lowest BCUT2D eigenvalue weighted by Gasteiger charge is -2.08. The fourth-order valence-corrected chi connectivity index (χ4v) is 1.65. The van der Waals surface area contributed by atoms with Crippen LogP contribution in [0.15, 0.2) is 36.4 Å². The van der Waals surface area contributed by atoms with Crippen LogP contribution in [-0.2, 0) is 4.74 Å². The molecule has 0 aliphatic rings. The zero-order chi connectivity index (χ0) is 12.3. The lowest BCUT2D eigenvalue weighted by molar-refractivity contribution is 0.168. The van der Waals surface area contributed by atoms with Gasteiger partial charge < -0.3 is 9.84 Å². The largest absolute Gasteiger partial charge is 0.508 e. The molecule has 2 rings (SSSR count). The molecule has 0 unspecified atom stereocenters. The Morgan fingerprint density at radius 1 is 1.35 bits per heavy atom. The van der Waals surface area contributed by atoms with Gasteiger partial charge in [0, 0.05) is 5.39 Å². The van der Waals surface area contributed by atoms with Crippen molar-refractivity contribution in [3.05, 3.63) is 36.4 Å². The number of ether oxygens (including phenoxy) is 1. The van der Waals surface area contributed by atoms with Gasteiger partial charge in [-0.1, -0.05) is 18.2 Å². The van der Waals surface area contributed by atoms with Crippen LogP contribution in [0.1, 0.15) is 6.92 Å². The molecule has 2 aromatic rings. The lowest BCUT2D eigenvalue weighted by Crippen LogP contribution is -2.13. The molecule has 0 fully saturated rings. The minimum absolute atomic E-state index is 0.163. The molecular weight excluding hydrogens is 218 g/mol. The van der Waals surface area contributed by atoms with Gasteiger partial charge in [-0.15, -0.1) is 0 Å². The first-order valence-corrected chi connectivity index (χ1v) is 5.36. The molecule has 2 aromatic carbocycles. The maximum absolute atomic E-state index is 11.3. The van der Waals surface area contributed by atoms with Crippen LogP contribution in [0.4, 0.5) is 10.5 Å². The number of hydrogen-bond acceptors (Lipinski definition) is 3. The van der Waals surface area contributed by atoms with Gasteiger partial charge in [0.25, 0.3) is 0 Å². The summed E-state index contributed by atoms with van der Waals surface area (Å²) in [6.07, 6.45) is -0.497. The second-order valence-electron chi connectivity index (χ2n) is 3.56. The highest BCUT2D eigenvalue weighted by molar-refractivity contribution is 6.00. The molecule has 0 atom stereocenters. The number of aromatic hydroxyl groups is 1. The molecule has 0 heterocycles. The predicted octanol–water partition coefficient (Wildman–Crippen LogP) is 3.11. The Labute approximate surface area is 98.8 Å². The van der Waals surface area contributed by atoms with Crippen LogP contribution in [0.5, 0.6) is 5.75 Å². The van der Waals surface area contributed by atoms with E-state index in [-0.39, 0.29) is 5.75 Å². The summed E-state index contributed by atoms with van der Waals surface area (Å²) in [5.74, 6) is 0.163. The quantitative estimate of drug-likeness (QED) is 0.834. The number of benzene rings is 2. The number of phenols is 1. The average Bonchev–Trinajstić information content (AvgIpc) is 2.30. The summed E-state index contributed by atoms with van der Waals surface area (Å²) >= 11 is 0. The lowest BCUT2D eigenvalue weighted by atomic mass is 10.1. The van der Waals surface area contributed by atoms with Gasteiger partial charge in [0.05, 0.1) is 12.3 Å². The third kappa shape index (κ3) is 2.47. The molecule has 0 spiro atoms. The molecule has 1 amide bonds. The van der Waals surface area contributed by atoms with Gasteiger partial charge in [0.15, 0.2) is 0 Å². The Balaban J connectivity index is 2.39. The molecule has 0 saturated carbocycles. The number of amides is 1. The van der Waals surface area contributed by atoms with Gasteiger partial charge in [0.2, 0.25) is 0 Å². The molecule has 0 saturated heterocycles. The van der Waals surface area contributed by atoms with E-state index >= 15 is 0 Å². The Morgan fingerprint density at radius 3 is 2.94 bits per heavy atom. The number of carbonyl (C=O) groups excluding carboxylic acids is 1. The van der Waals surface area contributed by atoms with Crippen molar-refractivity contribution in [2.45, 2.75) is 6.92 Å². The molecule has 0 aliphatic carbocycles. The first-order chi connectivity index (χ1) is 8.20. The molecule has 88 valence electrons. The summed E-state index contributed by atoms with van der Waals surface area (Å²) in [7, 11) is 0. The van der Waals surface area contributed by atoms with Crippen LogP contribution in [0.2, 0.25) is 0 Å². The fourth-order valence-electron chi connectivity index (χ4n) is 1.65. The van der Waals surface area contributed by atoms with Crippen LogP contribution in [-0.4, -0.2) is 17.8 Å². The van der Waals surface area contributed by atoms with Crippen molar-refractivity contribution in [2.75, 3.05) is 11.9 Å². The number of hydrogen-bond donors (Lipinski definition) is 2. The van der Waals surface area contributed by atoms with Crippen LogP contribution >= 0.6 is 0 Å². The molecule has 2 N–H and O–H groups in total. The van der Waals surface area contributed by atoms with E-state index in [0.717, 1.165) is 10.8 Å². The zero-order valence-electron chi connectivity index (χ0n) is 9.43. The highest BCUT2D eigenvalue weighted by atomic mass is 16.5. The summed E-state index contributed by atoms with van der Waals surface area (Å²) in [5.41, 5.74) is 0.622. The second-order valence-corrected chi connectivity index (χ2v) is 3.56. The SMILES string of the molecule is CCOC(=O)Nc1cccc2ccc(O)cc12. The van der Waals surface area contributed by atoms with Crippen molar-refractivity contribution in [1.29, 1.82) is 0 Å². The highest BCUT2D eigenvalue weighted by Gasteiger charge is 2.06. The van der Waals surface area contributed by atoms with E-state index in [9.17, 15) is 9.90 Å². The minimum Gasteiger partial charge on any atom is -0.508 e. The Morgan fingerprint density at radius 2 is 2.18 bits per heavy atom. The second kappa shape index (κ2) is 4.74. The van der Waals surface area contributed by atoms with Gasteiger partial charge in [-0.2, -0.15) is 0 Å². The third-order valence-corrected chi connectivity index (χ3v) is 2.38. The van der Waals surface area contributed by atoms with E-state index in [1.54, 1.807) is 31.2 Å². The van der Waals surface area contributed by atoms with Gasteiger partial charge in [-0.3, -0.25) is 5.32 Å². The topological polar surface area (TPSA) is 58.6 Å². The van der Waals surface area contributed by atoms with Gasteiger partial charge in [0.1, 0.15) is 5.75 Å². The molecular formula is C13H13NO3. The van der Waals surface area contributed by atoms with E-state index in [2.05, 4.69) is 5.32 Å². The summed E-state index contributed by atoms with van der Waals surface area (Å²) in [5, 5.41) is 13.8. The Bertz CT molecular complexity index is 551. The standard InChI is InChI=1S/C13H13NO3/c1-2-17-13(16)14-12-5-3-4-9-6-7-10(15)8-11(9)12/h3-8,15H,2H2,1H3,(H,14,16). The first kappa shape index (κ1) is 11.3. The number of rotatable bonds is 2. The van der Waals surface area contributed by atoms with Gasteiger partial charge in [-0.05, 0) is 30.5 Å². The summed E-state index contributed by atoms with van der Waals surface area (Å²) in [6.45, 7) is 2.07. The third-order valence-electron chi connectivity index (χ3n) is 2.38. The average molecular weight is 231 g/mol. The van der Waals surface area contributed by atoms with Gasteiger partial charge in [-0.25, -0.2) is 4.79 Å². The Kier molecular flexibility index (Phi) is 3.14. The number of anilines is 1. The fraction of sp³-hybridized carbons (Fsp3) is 0.154. The molecule has 17 heavy (non-hydrogen) atoms. The predicted molar refractivity (Wildman–Crippen MR) is 66.3 cm³/mol. The van der Waals surface area contributed by atoms with E-state index < -0.39 is 6.09 Å². The van der Waals surface area contributed by atoms with E-state index in [0.29, 0.717) is 12.3 Å². The molecule has 0 radical (unpaired) electrons. The first-order valence-electron chi connectivity index (χ1n) is 5.36. The zero-order valence-corrected chi connectivity index (χ0v) is 9.43. The van der Waals surface area contributed by atoms with Crippen molar-refractivity contribution >= 4 is 22.6 Å². The highest BCUT2D eigenvalue weighted by Crippen LogP contribution is 2.26. The number of carbonyl (C=O) groups is 1. The maximum Gasteiger partial charge on any atom is 0.411 e. The van der Waals surface area contributed by atoms with Crippen molar-refractivity contribution in [3.8, 4) is 5.75 Å². The monoisotopic (exact) mass is 231 g/mol. The summed E-state index contributed by atoms with van der Waals surface area (Å²) < 4.78 is 4.81. The smallest absolute Gasteiger partial charge is 0.411 e. The normalized spacial score (nSPS) is 10.2. The summed E-state index contributed by atoms with van der Waals surface area (Å²) in [6, 6.07) is 10.5. The van der Waals surface area contributed by atoms with Crippen molar-refractivity contribution < 1.29 is 14.6 Å².